The number of sulfonamides is 1. The number of nitrogens with one attached hydrogen (secondary N) is 1. The maximum Gasteiger partial charge on any atom is 0.311 e. The van der Waals surface area contributed by atoms with E-state index in [1.165, 1.54) is 51.7 Å². The van der Waals surface area contributed by atoms with Crippen molar-refractivity contribution in [3.05, 3.63) is 24.3 Å². The third-order valence-electron chi connectivity index (χ3n) is 4.41. The molecule has 0 bridgehead atoms. The van der Waals surface area contributed by atoms with Gasteiger partial charge >= 0.3 is 10.0 Å². The van der Waals surface area contributed by atoms with Crippen LogP contribution >= 0.6 is 11.3 Å². The van der Waals surface area contributed by atoms with Crippen molar-refractivity contribution in [3.63, 3.8) is 0 Å². The van der Waals surface area contributed by atoms with Crippen molar-refractivity contribution in [1.82, 2.24) is 10.2 Å². The largest absolute Gasteiger partial charge is 0.311 e. The second kappa shape index (κ2) is 16.8. The summed E-state index contributed by atoms with van der Waals surface area (Å²) in [5.41, 5.74) is 0. The summed E-state index contributed by atoms with van der Waals surface area (Å²) in [6.45, 7) is 3.54. The molecule has 1 aromatic heterocycles. The lowest BCUT2D eigenvalue weighted by Crippen LogP contribution is -2.04. The SMILES string of the molecule is CCCCC/C=C\C/C=C\CCCCCCCC=NS(=O)(=O)c1nnc(NC(C)=O)s1. The fourth-order valence-corrected chi connectivity index (χ4v) is 4.60. The van der Waals surface area contributed by atoms with Crippen LogP contribution in [-0.4, -0.2) is 30.7 Å². The lowest BCUT2D eigenvalue weighted by atomic mass is 10.1. The Morgan fingerprint density at radius 3 is 2.19 bits per heavy atom. The number of rotatable bonds is 17. The van der Waals surface area contributed by atoms with E-state index in [4.69, 9.17) is 0 Å². The van der Waals surface area contributed by atoms with Crippen molar-refractivity contribution in [1.29, 1.82) is 0 Å². The van der Waals surface area contributed by atoms with Crippen LogP contribution in [0.15, 0.2) is 33.0 Å². The second-order valence-electron chi connectivity index (χ2n) is 7.34. The highest BCUT2D eigenvalue weighted by Crippen LogP contribution is 2.21. The molecule has 31 heavy (non-hydrogen) atoms. The molecule has 7 nitrogen and oxygen atoms in total. The van der Waals surface area contributed by atoms with E-state index < -0.39 is 10.0 Å². The van der Waals surface area contributed by atoms with Gasteiger partial charge in [-0.15, -0.1) is 10.2 Å². The van der Waals surface area contributed by atoms with Gasteiger partial charge in [-0.1, -0.05) is 74.7 Å². The van der Waals surface area contributed by atoms with Crippen LogP contribution in [0.1, 0.15) is 90.9 Å². The first-order valence-electron chi connectivity index (χ1n) is 11.2. The van der Waals surface area contributed by atoms with E-state index in [1.54, 1.807) is 0 Å². The van der Waals surface area contributed by atoms with Gasteiger partial charge in [0, 0.05) is 13.1 Å². The lowest BCUT2D eigenvalue weighted by Gasteiger charge is -1.98. The smallest absolute Gasteiger partial charge is 0.301 e. The van der Waals surface area contributed by atoms with Gasteiger partial charge in [-0.05, 0) is 44.9 Å². The minimum Gasteiger partial charge on any atom is -0.301 e. The Morgan fingerprint density at radius 2 is 1.55 bits per heavy atom. The van der Waals surface area contributed by atoms with Gasteiger partial charge in [-0.3, -0.25) is 4.79 Å². The Hall–Kier alpha value is -1.87. The van der Waals surface area contributed by atoms with E-state index in [9.17, 15) is 13.2 Å². The summed E-state index contributed by atoms with van der Waals surface area (Å²) in [4.78, 5) is 11.0. The molecular formula is C22H36N4O3S2. The van der Waals surface area contributed by atoms with Gasteiger partial charge in [-0.25, -0.2) is 0 Å². The van der Waals surface area contributed by atoms with E-state index in [-0.39, 0.29) is 15.4 Å². The maximum atomic E-state index is 12.1. The first kappa shape index (κ1) is 27.2. The molecule has 1 heterocycles. The molecule has 9 heteroatoms. The van der Waals surface area contributed by atoms with Crippen molar-refractivity contribution >= 4 is 38.6 Å². The molecule has 0 aliphatic heterocycles. The minimum absolute atomic E-state index is 0.148. The van der Waals surface area contributed by atoms with E-state index in [0.717, 1.165) is 43.4 Å². The van der Waals surface area contributed by atoms with Crippen LogP contribution in [-0.2, 0) is 14.8 Å². The minimum atomic E-state index is -3.85. The number of amides is 1. The number of nitrogens with zero attached hydrogens (tertiary/aromatic N) is 3. The highest BCUT2D eigenvalue weighted by Gasteiger charge is 2.18. The van der Waals surface area contributed by atoms with Gasteiger partial charge in [-0.2, -0.15) is 12.8 Å². The van der Waals surface area contributed by atoms with Crippen LogP contribution in [0.3, 0.4) is 0 Å². The van der Waals surface area contributed by atoms with Crippen molar-refractivity contribution in [2.45, 2.75) is 95.2 Å². The van der Waals surface area contributed by atoms with E-state index in [0.29, 0.717) is 6.42 Å². The molecule has 0 aliphatic carbocycles. The predicted octanol–water partition coefficient (Wildman–Crippen LogP) is 6.07. The molecule has 0 radical (unpaired) electrons. The zero-order valence-corrected chi connectivity index (χ0v) is 20.4. The van der Waals surface area contributed by atoms with E-state index in [2.05, 4.69) is 51.1 Å². The normalized spacial score (nSPS) is 12.5. The Bertz CT molecular complexity index is 814. The molecule has 1 rings (SSSR count). The van der Waals surface area contributed by atoms with E-state index in [1.807, 2.05) is 0 Å². The zero-order chi connectivity index (χ0) is 22.8. The Labute approximate surface area is 191 Å². The van der Waals surface area contributed by atoms with Crippen molar-refractivity contribution in [3.8, 4) is 0 Å². The highest BCUT2D eigenvalue weighted by molar-refractivity contribution is 7.92. The number of aromatic nitrogens is 2. The lowest BCUT2D eigenvalue weighted by molar-refractivity contribution is -0.114. The Balaban J connectivity index is 2.06. The van der Waals surface area contributed by atoms with Crippen LogP contribution in [0, 0.1) is 0 Å². The first-order chi connectivity index (χ1) is 15.0. The molecule has 1 aromatic rings. The summed E-state index contributed by atoms with van der Waals surface area (Å²) in [7, 11) is -3.85. The summed E-state index contributed by atoms with van der Waals surface area (Å²) in [6, 6.07) is 0. The summed E-state index contributed by atoms with van der Waals surface area (Å²) in [6.07, 6.45) is 23.8. The van der Waals surface area contributed by atoms with Gasteiger partial charge in [0.2, 0.25) is 11.0 Å². The van der Waals surface area contributed by atoms with E-state index >= 15 is 0 Å². The average Bonchev–Trinajstić information content (AvgIpc) is 3.19. The molecular weight excluding hydrogens is 432 g/mol. The fourth-order valence-electron chi connectivity index (χ4n) is 2.76. The van der Waals surface area contributed by atoms with Gasteiger partial charge in [0.1, 0.15) is 0 Å². The number of anilines is 1. The van der Waals surface area contributed by atoms with Gasteiger partial charge in [0.25, 0.3) is 4.34 Å². The number of carbonyl (C=O) groups is 1. The molecule has 0 spiro atoms. The molecule has 174 valence electrons. The molecule has 0 aromatic carbocycles. The second-order valence-corrected chi connectivity index (χ2v) is 10.1. The third kappa shape index (κ3) is 13.9. The summed E-state index contributed by atoms with van der Waals surface area (Å²) in [5.74, 6) is -0.329. The van der Waals surface area contributed by atoms with Crippen molar-refractivity contribution in [2.75, 3.05) is 5.32 Å². The van der Waals surface area contributed by atoms with Crippen molar-refractivity contribution < 1.29 is 13.2 Å². The van der Waals surface area contributed by atoms with Crippen LogP contribution in [0.25, 0.3) is 0 Å². The first-order valence-corrected chi connectivity index (χ1v) is 13.4. The number of hydrogen-bond acceptors (Lipinski definition) is 6. The Kier molecular flexibility index (Phi) is 14.7. The van der Waals surface area contributed by atoms with Crippen molar-refractivity contribution in [2.24, 2.45) is 4.40 Å². The number of allylic oxidation sites excluding steroid dienone is 4. The third-order valence-corrected chi connectivity index (χ3v) is 6.87. The number of carbonyl (C=O) groups excluding carboxylic acids is 1. The highest BCUT2D eigenvalue weighted by atomic mass is 32.2. The fraction of sp³-hybridized carbons (Fsp3) is 0.636. The van der Waals surface area contributed by atoms with Crippen LogP contribution < -0.4 is 5.32 Å². The van der Waals surface area contributed by atoms with Gasteiger partial charge < -0.3 is 5.32 Å². The average molecular weight is 469 g/mol. The maximum absolute atomic E-state index is 12.1. The van der Waals surface area contributed by atoms with Crippen LogP contribution in [0.2, 0.25) is 0 Å². The van der Waals surface area contributed by atoms with Gasteiger partial charge in [0.05, 0.1) is 0 Å². The quantitative estimate of drug-likeness (QED) is 0.129. The monoisotopic (exact) mass is 468 g/mol. The standard InChI is InChI=1S/C22H36N4O3S2/c1-3-4-5-6-7-8-9-10-11-12-13-14-15-16-17-18-19-23-31(28,29)22-26-25-21(30-22)24-20(2)27/h7-8,10-11,19H,3-6,9,12-18H2,1-2H3,(H,24,25,27)/b8-7-,11-10-,23-19?. The molecule has 0 saturated carbocycles. The number of unbranched alkanes of at least 4 members (excludes halogenated alkanes) is 9. The molecule has 0 atom stereocenters. The van der Waals surface area contributed by atoms with Crippen LogP contribution in [0.5, 0.6) is 0 Å². The molecule has 1 N–H and O–H groups in total. The molecule has 0 aliphatic rings. The van der Waals surface area contributed by atoms with Gasteiger partial charge in [0.15, 0.2) is 0 Å². The molecule has 0 fully saturated rings. The Morgan fingerprint density at radius 1 is 0.935 bits per heavy atom. The summed E-state index contributed by atoms with van der Waals surface area (Å²) < 4.78 is 27.6. The van der Waals surface area contributed by atoms with Crippen LogP contribution in [0.4, 0.5) is 5.13 Å². The molecule has 0 saturated heterocycles. The predicted molar refractivity (Wildman–Crippen MR) is 129 cm³/mol. The summed E-state index contributed by atoms with van der Waals surface area (Å²) >= 11 is 0.792. The number of hydrogen-bond donors (Lipinski definition) is 1. The molecule has 1 amide bonds. The summed E-state index contributed by atoms with van der Waals surface area (Å²) in [5, 5.41) is 9.76. The zero-order valence-electron chi connectivity index (χ0n) is 18.8. The topological polar surface area (TPSA) is 101 Å². The molecule has 0 unspecified atom stereocenters.